The zero-order valence-corrected chi connectivity index (χ0v) is 8.55. The maximum Gasteiger partial charge on any atom is 0.155 e. The van der Waals surface area contributed by atoms with E-state index in [1.165, 1.54) is 11.1 Å². The van der Waals surface area contributed by atoms with Gasteiger partial charge >= 0.3 is 0 Å². The minimum atomic E-state index is 0.270. The molecule has 2 rings (SSSR count). The van der Waals surface area contributed by atoms with Crippen molar-refractivity contribution < 1.29 is 4.79 Å². The Morgan fingerprint density at radius 1 is 1.38 bits per heavy atom. The molecule has 0 aromatic rings. The molecule has 0 fully saturated rings. The summed E-state index contributed by atoms with van der Waals surface area (Å²) in [5.74, 6) is 0.887. The first-order chi connectivity index (χ1) is 6.01. The van der Waals surface area contributed by atoms with Gasteiger partial charge < -0.3 is 0 Å². The second kappa shape index (κ2) is 2.57. The average Bonchev–Trinajstić information content (AvgIpc) is 2.23. The molecule has 0 saturated heterocycles. The van der Waals surface area contributed by atoms with Gasteiger partial charge in [0, 0.05) is 6.42 Å². The highest BCUT2D eigenvalue weighted by molar-refractivity contribution is 5.92. The standard InChI is InChI=1S/C12H16O/c1-8-6-9-7-10(13)4-5-11(9)12(8,2)3/h6-7,11H,4-5H2,1-3H3. The molecule has 1 unspecified atom stereocenters. The Morgan fingerprint density at radius 2 is 2.08 bits per heavy atom. The molecule has 0 saturated carbocycles. The number of allylic oxidation sites excluding steroid dienone is 4. The Balaban J connectivity index is 2.42. The average molecular weight is 176 g/mol. The summed E-state index contributed by atoms with van der Waals surface area (Å²) in [7, 11) is 0. The number of rotatable bonds is 0. The van der Waals surface area contributed by atoms with Crippen LogP contribution in [0, 0.1) is 11.3 Å². The third-order valence-electron chi connectivity index (χ3n) is 3.68. The van der Waals surface area contributed by atoms with Gasteiger partial charge in [0.05, 0.1) is 0 Å². The van der Waals surface area contributed by atoms with Gasteiger partial charge in [-0.2, -0.15) is 0 Å². The molecule has 2 aliphatic rings. The fourth-order valence-electron chi connectivity index (χ4n) is 2.44. The maximum absolute atomic E-state index is 11.2. The molecule has 0 heterocycles. The van der Waals surface area contributed by atoms with E-state index in [0.29, 0.717) is 11.7 Å². The van der Waals surface area contributed by atoms with Crippen LogP contribution in [0.1, 0.15) is 33.6 Å². The molecule has 0 aromatic heterocycles. The molecule has 70 valence electrons. The van der Waals surface area contributed by atoms with Gasteiger partial charge in [-0.3, -0.25) is 4.79 Å². The van der Waals surface area contributed by atoms with Gasteiger partial charge in [0.25, 0.3) is 0 Å². The molecule has 0 amide bonds. The molecule has 0 aromatic carbocycles. The Labute approximate surface area is 79.5 Å². The Bertz CT molecular complexity index is 318. The molecule has 0 spiro atoms. The van der Waals surface area contributed by atoms with E-state index in [9.17, 15) is 4.79 Å². The van der Waals surface area contributed by atoms with Crippen molar-refractivity contribution in [2.45, 2.75) is 33.6 Å². The molecule has 13 heavy (non-hydrogen) atoms. The second-order valence-electron chi connectivity index (χ2n) is 4.75. The summed E-state index contributed by atoms with van der Waals surface area (Å²) in [4.78, 5) is 11.2. The van der Waals surface area contributed by atoms with Crippen LogP contribution < -0.4 is 0 Å². The molecular formula is C12H16O. The van der Waals surface area contributed by atoms with Crippen molar-refractivity contribution in [3.63, 3.8) is 0 Å². The van der Waals surface area contributed by atoms with Gasteiger partial charge in [-0.05, 0) is 36.3 Å². The Hall–Kier alpha value is -0.850. The van der Waals surface area contributed by atoms with Crippen molar-refractivity contribution in [2.24, 2.45) is 11.3 Å². The zero-order chi connectivity index (χ0) is 9.64. The topological polar surface area (TPSA) is 17.1 Å². The van der Waals surface area contributed by atoms with Crippen molar-refractivity contribution in [3.8, 4) is 0 Å². The molecule has 0 N–H and O–H groups in total. The van der Waals surface area contributed by atoms with Gasteiger partial charge in [-0.15, -0.1) is 0 Å². The number of fused-ring (bicyclic) bond motifs is 1. The summed E-state index contributed by atoms with van der Waals surface area (Å²) in [6, 6.07) is 0. The minimum Gasteiger partial charge on any atom is -0.295 e. The van der Waals surface area contributed by atoms with Crippen LogP contribution in [-0.2, 0) is 4.79 Å². The predicted octanol–water partition coefficient (Wildman–Crippen LogP) is 2.88. The molecule has 1 atom stereocenters. The fourth-order valence-corrected chi connectivity index (χ4v) is 2.44. The van der Waals surface area contributed by atoms with Crippen LogP contribution in [0.4, 0.5) is 0 Å². The highest BCUT2D eigenvalue weighted by atomic mass is 16.1. The van der Waals surface area contributed by atoms with Crippen LogP contribution in [0.2, 0.25) is 0 Å². The third-order valence-corrected chi connectivity index (χ3v) is 3.68. The first-order valence-electron chi connectivity index (χ1n) is 4.95. The SMILES string of the molecule is CC1=CC2=CC(=O)CCC2C1(C)C. The van der Waals surface area contributed by atoms with Crippen LogP contribution in [0.3, 0.4) is 0 Å². The van der Waals surface area contributed by atoms with Gasteiger partial charge in [0.15, 0.2) is 5.78 Å². The second-order valence-corrected chi connectivity index (χ2v) is 4.75. The first kappa shape index (κ1) is 8.74. The quantitative estimate of drug-likeness (QED) is 0.554. The molecule has 1 nitrogen and oxygen atoms in total. The number of carbonyl (C=O) groups is 1. The van der Waals surface area contributed by atoms with Crippen molar-refractivity contribution in [2.75, 3.05) is 0 Å². The van der Waals surface area contributed by atoms with Crippen LogP contribution in [0.5, 0.6) is 0 Å². The van der Waals surface area contributed by atoms with Gasteiger partial charge in [-0.25, -0.2) is 0 Å². The molecule has 1 heteroatoms. The van der Waals surface area contributed by atoms with Gasteiger partial charge in [0.1, 0.15) is 0 Å². The monoisotopic (exact) mass is 176 g/mol. The van der Waals surface area contributed by atoms with Crippen LogP contribution >= 0.6 is 0 Å². The van der Waals surface area contributed by atoms with E-state index < -0.39 is 0 Å². The zero-order valence-electron chi connectivity index (χ0n) is 8.55. The van der Waals surface area contributed by atoms with Crippen LogP contribution in [0.15, 0.2) is 23.3 Å². The van der Waals surface area contributed by atoms with Crippen LogP contribution in [0.25, 0.3) is 0 Å². The molecule has 0 radical (unpaired) electrons. The molecular weight excluding hydrogens is 160 g/mol. The smallest absolute Gasteiger partial charge is 0.155 e. The number of carbonyl (C=O) groups excluding carboxylic acids is 1. The molecule has 0 bridgehead atoms. The summed E-state index contributed by atoms with van der Waals surface area (Å²) in [5.41, 5.74) is 2.95. The lowest BCUT2D eigenvalue weighted by Crippen LogP contribution is -2.24. The van der Waals surface area contributed by atoms with E-state index in [-0.39, 0.29) is 5.41 Å². The van der Waals surface area contributed by atoms with E-state index in [1.807, 2.05) is 6.08 Å². The molecule has 0 aliphatic heterocycles. The van der Waals surface area contributed by atoms with E-state index in [2.05, 4.69) is 26.8 Å². The minimum absolute atomic E-state index is 0.270. The first-order valence-corrected chi connectivity index (χ1v) is 4.95. The number of hydrogen-bond donors (Lipinski definition) is 0. The van der Waals surface area contributed by atoms with E-state index in [1.54, 1.807) is 0 Å². The summed E-state index contributed by atoms with van der Waals surface area (Å²) in [6.45, 7) is 6.73. The lowest BCUT2D eigenvalue weighted by Gasteiger charge is -2.31. The van der Waals surface area contributed by atoms with Gasteiger partial charge in [-0.1, -0.05) is 25.5 Å². The maximum atomic E-state index is 11.2. The highest BCUT2D eigenvalue weighted by Crippen LogP contribution is 2.49. The van der Waals surface area contributed by atoms with Crippen molar-refractivity contribution in [1.82, 2.24) is 0 Å². The highest BCUT2D eigenvalue weighted by Gasteiger charge is 2.39. The largest absolute Gasteiger partial charge is 0.295 e. The molecule has 2 aliphatic carbocycles. The summed E-state index contributed by atoms with van der Waals surface area (Å²) in [6.07, 6.45) is 5.80. The van der Waals surface area contributed by atoms with Crippen molar-refractivity contribution in [3.05, 3.63) is 23.3 Å². The fraction of sp³-hybridized carbons (Fsp3) is 0.583. The van der Waals surface area contributed by atoms with Crippen LogP contribution in [-0.4, -0.2) is 5.78 Å². The summed E-state index contributed by atoms with van der Waals surface area (Å²) < 4.78 is 0. The normalized spacial score (nSPS) is 31.0. The number of hydrogen-bond acceptors (Lipinski definition) is 1. The van der Waals surface area contributed by atoms with Crippen molar-refractivity contribution >= 4 is 5.78 Å². The van der Waals surface area contributed by atoms with E-state index >= 15 is 0 Å². The van der Waals surface area contributed by atoms with E-state index in [4.69, 9.17) is 0 Å². The van der Waals surface area contributed by atoms with E-state index in [0.717, 1.165) is 12.8 Å². The summed E-state index contributed by atoms with van der Waals surface area (Å²) in [5, 5.41) is 0. The lowest BCUT2D eigenvalue weighted by molar-refractivity contribution is -0.115. The van der Waals surface area contributed by atoms with Gasteiger partial charge in [0.2, 0.25) is 0 Å². The summed E-state index contributed by atoms with van der Waals surface area (Å²) >= 11 is 0. The number of ketones is 1. The Kier molecular flexibility index (Phi) is 1.73. The Morgan fingerprint density at radius 3 is 2.77 bits per heavy atom. The van der Waals surface area contributed by atoms with Crippen molar-refractivity contribution in [1.29, 1.82) is 0 Å². The predicted molar refractivity (Wildman–Crippen MR) is 53.4 cm³/mol. The lowest BCUT2D eigenvalue weighted by atomic mass is 9.72. The third kappa shape index (κ3) is 1.18.